The first kappa shape index (κ1) is 39.2. The maximum absolute atomic E-state index is 13.9. The van der Waals surface area contributed by atoms with Gasteiger partial charge in [-0.1, -0.05) is 104 Å². The number of nitrogens with zero attached hydrogens (tertiary/aromatic N) is 3. The number of hydrogen-bond acceptors (Lipinski definition) is 9. The minimum atomic E-state index is -1.05. The zero-order chi connectivity index (χ0) is 36.0. The number of aromatic nitrogens is 2. The number of carbonyl (C=O) groups excluding carboxylic acids is 3. The number of alkyl halides is 1. The van der Waals surface area contributed by atoms with Crippen molar-refractivity contribution in [1.82, 2.24) is 30.8 Å². The Hall–Kier alpha value is -3.60. The second kappa shape index (κ2) is 19.7. The molecule has 0 radical (unpaired) electrons. The first-order valence-electron chi connectivity index (χ1n) is 16.4. The van der Waals surface area contributed by atoms with E-state index in [1.54, 1.807) is 30.1 Å². The topological polar surface area (TPSA) is 146 Å². The highest BCUT2D eigenvalue weighted by Gasteiger charge is 2.31. The van der Waals surface area contributed by atoms with Gasteiger partial charge in [0.1, 0.15) is 12.6 Å². The molecule has 0 saturated carbocycles. The molecule has 2 heterocycles. The van der Waals surface area contributed by atoms with Crippen molar-refractivity contribution < 1.29 is 24.2 Å². The number of benzene rings is 2. The van der Waals surface area contributed by atoms with Gasteiger partial charge in [0.05, 0.1) is 39.8 Å². The number of urea groups is 1. The van der Waals surface area contributed by atoms with Gasteiger partial charge in [-0.15, -0.1) is 22.7 Å². The monoisotopic (exact) mass is 832 g/mol. The largest absolute Gasteiger partial charge is 0.444 e. The van der Waals surface area contributed by atoms with Gasteiger partial charge < -0.3 is 30.7 Å². The molecule has 11 nitrogen and oxygen atoms in total. The summed E-state index contributed by atoms with van der Waals surface area (Å²) in [7, 11) is 1.67. The van der Waals surface area contributed by atoms with E-state index >= 15 is 0 Å². The Morgan fingerprint density at radius 3 is 2.18 bits per heavy atom. The summed E-state index contributed by atoms with van der Waals surface area (Å²) in [5, 5.41) is 23.5. The maximum atomic E-state index is 13.9. The van der Waals surface area contributed by atoms with E-state index in [9.17, 15) is 19.5 Å². The molecule has 268 valence electrons. The fraction of sp³-hybridized carbons (Fsp3) is 0.417. The van der Waals surface area contributed by atoms with Gasteiger partial charge in [-0.3, -0.25) is 9.78 Å². The summed E-state index contributed by atoms with van der Waals surface area (Å²) >= 11 is 5.08. The zero-order valence-corrected chi connectivity index (χ0v) is 32.4. The third-order valence-electron chi connectivity index (χ3n) is 7.92. The van der Waals surface area contributed by atoms with Gasteiger partial charge in [0.15, 0.2) is 0 Å². The highest BCUT2D eigenvalue weighted by molar-refractivity contribution is 14.1. The van der Waals surface area contributed by atoms with Crippen LogP contribution in [0.15, 0.2) is 77.8 Å². The first-order chi connectivity index (χ1) is 24.0. The molecule has 2 aromatic carbocycles. The fourth-order valence-corrected chi connectivity index (χ4v) is 7.08. The summed E-state index contributed by atoms with van der Waals surface area (Å²) in [5.74, 6) is -0.0651. The van der Waals surface area contributed by atoms with Crippen LogP contribution in [0.5, 0.6) is 0 Å². The van der Waals surface area contributed by atoms with Crippen LogP contribution >= 0.6 is 45.3 Å². The van der Waals surface area contributed by atoms with Gasteiger partial charge in [-0.25, -0.2) is 14.6 Å². The number of halogens is 1. The summed E-state index contributed by atoms with van der Waals surface area (Å²) in [6, 6.07) is 16.8. The minimum Gasteiger partial charge on any atom is -0.444 e. The Morgan fingerprint density at radius 2 is 1.60 bits per heavy atom. The van der Waals surface area contributed by atoms with Gasteiger partial charge in [0.2, 0.25) is 5.91 Å². The molecule has 4 rings (SSSR count). The van der Waals surface area contributed by atoms with Gasteiger partial charge in [0, 0.05) is 34.5 Å². The number of hydrogen-bond donors (Lipinski definition) is 4. The molecule has 4 amide bonds. The van der Waals surface area contributed by atoms with Gasteiger partial charge in [-0.05, 0) is 30.4 Å². The van der Waals surface area contributed by atoms with Crippen LogP contribution < -0.4 is 16.0 Å². The van der Waals surface area contributed by atoms with Crippen molar-refractivity contribution in [2.75, 3.05) is 7.05 Å². The van der Waals surface area contributed by atoms with Crippen molar-refractivity contribution in [3.8, 4) is 0 Å². The second-order valence-corrected chi connectivity index (χ2v) is 16.3. The van der Waals surface area contributed by atoms with E-state index in [1.165, 1.54) is 16.2 Å². The van der Waals surface area contributed by atoms with E-state index in [0.717, 1.165) is 26.7 Å². The predicted octanol–water partition coefficient (Wildman–Crippen LogP) is 6.07. The molecule has 14 heteroatoms. The number of aliphatic hydroxyl groups excluding tert-OH is 1. The molecular formula is C36H45IN6O5S2. The van der Waals surface area contributed by atoms with Crippen LogP contribution in [-0.2, 0) is 35.5 Å². The van der Waals surface area contributed by atoms with E-state index in [-0.39, 0.29) is 22.9 Å². The first-order valence-corrected chi connectivity index (χ1v) is 19.5. The number of ether oxygens (including phenoxy) is 1. The summed E-state index contributed by atoms with van der Waals surface area (Å²) < 4.78 is 5.17. The third kappa shape index (κ3) is 12.6. The van der Waals surface area contributed by atoms with Gasteiger partial charge in [-0.2, -0.15) is 0 Å². The molecule has 0 bridgehead atoms. The number of nitrogens with one attached hydrogen (secondary N) is 3. The molecule has 5 atom stereocenters. The van der Waals surface area contributed by atoms with Crippen LogP contribution in [0.3, 0.4) is 0 Å². The van der Waals surface area contributed by atoms with Crippen molar-refractivity contribution in [3.63, 3.8) is 0 Å². The van der Waals surface area contributed by atoms with E-state index in [2.05, 4.69) is 62.4 Å². The lowest BCUT2D eigenvalue weighted by Crippen LogP contribution is -2.56. The van der Waals surface area contributed by atoms with Crippen LogP contribution in [0.25, 0.3) is 0 Å². The number of alkyl carbamates (subject to hydrolysis) is 1. The van der Waals surface area contributed by atoms with Crippen LogP contribution in [0.2, 0.25) is 0 Å². The zero-order valence-electron chi connectivity index (χ0n) is 28.6. The smallest absolute Gasteiger partial charge is 0.407 e. The molecule has 5 unspecified atom stereocenters. The molecule has 0 aliphatic carbocycles. The van der Waals surface area contributed by atoms with Crippen LogP contribution in [0.1, 0.15) is 59.8 Å². The fourth-order valence-electron chi connectivity index (χ4n) is 5.24. The van der Waals surface area contributed by atoms with Crippen molar-refractivity contribution in [2.24, 2.45) is 0 Å². The lowest BCUT2D eigenvalue weighted by atomic mass is 9.93. The molecule has 0 fully saturated rings. The Morgan fingerprint density at radius 1 is 0.940 bits per heavy atom. The van der Waals surface area contributed by atoms with Crippen molar-refractivity contribution in [3.05, 3.63) is 104 Å². The van der Waals surface area contributed by atoms with Crippen molar-refractivity contribution >= 4 is 63.3 Å². The highest BCUT2D eigenvalue weighted by Crippen LogP contribution is 2.20. The quantitative estimate of drug-likeness (QED) is 0.0747. The molecule has 0 spiro atoms. The molecule has 4 aromatic rings. The molecular weight excluding hydrogens is 787 g/mol. The second-order valence-electron chi connectivity index (χ2n) is 12.5. The van der Waals surface area contributed by atoms with E-state index in [4.69, 9.17) is 4.74 Å². The Kier molecular flexibility index (Phi) is 15.4. The minimum absolute atomic E-state index is 0.0664. The number of carbonyl (C=O) groups is 3. The average Bonchev–Trinajstić information content (AvgIpc) is 3.79. The number of thiazole rings is 2. The predicted molar refractivity (Wildman–Crippen MR) is 206 cm³/mol. The van der Waals surface area contributed by atoms with E-state index in [0.29, 0.717) is 25.3 Å². The molecule has 50 heavy (non-hydrogen) atoms. The molecule has 2 aromatic heterocycles. The van der Waals surface area contributed by atoms with Gasteiger partial charge >= 0.3 is 12.1 Å². The van der Waals surface area contributed by atoms with Crippen molar-refractivity contribution in [2.45, 2.75) is 87.3 Å². The SMILES string of the molecule is CC(C)c1nc(CN(C)C(=O)NC(C(=O)NC(Cc2ccccc2)CC(O)C(Cc2ccccc2)NC(=O)OCc2cncs2)C(C)I)cs1. The third-order valence-corrected chi connectivity index (χ3v) is 10.6. The lowest BCUT2D eigenvalue weighted by molar-refractivity contribution is -0.123. The van der Waals surface area contributed by atoms with Crippen molar-refractivity contribution in [1.29, 1.82) is 0 Å². The number of aliphatic hydroxyl groups is 1. The normalized spacial score (nSPS) is 14.2. The van der Waals surface area contributed by atoms with Crippen LogP contribution in [0, 0.1) is 0 Å². The Balaban J connectivity index is 1.46. The molecule has 0 aliphatic heterocycles. The van der Waals surface area contributed by atoms with E-state index in [1.807, 2.05) is 73.0 Å². The van der Waals surface area contributed by atoms with Crippen LogP contribution in [0.4, 0.5) is 9.59 Å². The highest BCUT2D eigenvalue weighted by atomic mass is 127. The number of amides is 4. The lowest BCUT2D eigenvalue weighted by Gasteiger charge is -2.30. The number of rotatable bonds is 17. The maximum Gasteiger partial charge on any atom is 0.407 e. The Bertz CT molecular complexity index is 1620. The summed E-state index contributed by atoms with van der Waals surface area (Å²) in [4.78, 5) is 51.0. The van der Waals surface area contributed by atoms with Crippen LogP contribution in [-0.4, -0.2) is 73.2 Å². The van der Waals surface area contributed by atoms with Gasteiger partial charge in [0.25, 0.3) is 0 Å². The van der Waals surface area contributed by atoms with E-state index < -0.39 is 36.4 Å². The molecule has 4 N–H and O–H groups in total. The summed E-state index contributed by atoms with van der Waals surface area (Å²) in [6.07, 6.45) is 0.827. The summed E-state index contributed by atoms with van der Waals surface area (Å²) in [5.41, 5.74) is 4.35. The standard InChI is InChI=1S/C36H45IN6O5S2/c1-23(2)34-40-28(21-49-34)19-43(4)35(46)42-32(24(3)37)33(45)39-27(15-25-11-7-5-8-12-25)17-31(44)30(16-26-13-9-6-10-14-26)41-36(47)48-20-29-18-38-22-50-29/h5-14,18,21-24,27,30-32,44H,15-17,19-20H2,1-4H3,(H,39,45)(H,41,47)(H,42,46). The molecule has 0 saturated heterocycles. The molecule has 0 aliphatic rings. The summed E-state index contributed by atoms with van der Waals surface area (Å²) in [6.45, 7) is 6.39. The average molecular weight is 833 g/mol. The Labute approximate surface area is 315 Å².